The van der Waals surface area contributed by atoms with E-state index < -0.39 is 0 Å². The van der Waals surface area contributed by atoms with Crippen LogP contribution in [0.15, 0.2) is 24.3 Å². The van der Waals surface area contributed by atoms with Gasteiger partial charge in [0.2, 0.25) is 5.91 Å². The molecule has 0 bridgehead atoms. The van der Waals surface area contributed by atoms with E-state index in [-0.39, 0.29) is 18.3 Å². The Bertz CT molecular complexity index is 448. The molecule has 5 heteroatoms. The van der Waals surface area contributed by atoms with E-state index in [0.29, 0.717) is 13.0 Å². The first kappa shape index (κ1) is 18.8. The van der Waals surface area contributed by atoms with Crippen molar-refractivity contribution in [1.29, 1.82) is 0 Å². The summed E-state index contributed by atoms with van der Waals surface area (Å²) in [6.45, 7) is 5.64. The van der Waals surface area contributed by atoms with Gasteiger partial charge >= 0.3 is 0 Å². The number of aryl methyl sites for hydroxylation is 1. The van der Waals surface area contributed by atoms with E-state index in [1.807, 2.05) is 31.2 Å². The minimum Gasteiger partial charge on any atom is -0.494 e. The monoisotopic (exact) mass is 326 g/mol. The van der Waals surface area contributed by atoms with Gasteiger partial charge < -0.3 is 15.4 Å². The van der Waals surface area contributed by atoms with Crippen molar-refractivity contribution in [2.75, 3.05) is 26.2 Å². The summed E-state index contributed by atoms with van der Waals surface area (Å²) in [7, 11) is 0. The van der Waals surface area contributed by atoms with E-state index in [1.165, 1.54) is 12.0 Å². The van der Waals surface area contributed by atoms with Gasteiger partial charge in [0.1, 0.15) is 5.75 Å². The number of halogens is 1. The molecule has 1 unspecified atom stereocenters. The second-order valence-electron chi connectivity index (χ2n) is 5.77. The number of amides is 1. The summed E-state index contributed by atoms with van der Waals surface area (Å²) in [6, 6.07) is 7.98. The van der Waals surface area contributed by atoms with E-state index in [1.54, 1.807) is 0 Å². The highest BCUT2D eigenvalue weighted by Gasteiger charge is 2.13. The fourth-order valence-corrected chi connectivity index (χ4v) is 2.59. The van der Waals surface area contributed by atoms with Gasteiger partial charge in [-0.05, 0) is 62.9 Å². The largest absolute Gasteiger partial charge is 0.494 e. The normalized spacial score (nSPS) is 16.9. The van der Waals surface area contributed by atoms with E-state index in [2.05, 4.69) is 10.6 Å². The van der Waals surface area contributed by atoms with Gasteiger partial charge in [0.05, 0.1) is 6.61 Å². The highest BCUT2D eigenvalue weighted by Crippen LogP contribution is 2.13. The molecule has 0 aromatic heterocycles. The van der Waals surface area contributed by atoms with Crippen LogP contribution in [0.3, 0.4) is 0 Å². The molecule has 1 atom stereocenters. The van der Waals surface area contributed by atoms with Crippen molar-refractivity contribution in [1.82, 2.24) is 10.6 Å². The third-order valence-corrected chi connectivity index (χ3v) is 3.84. The van der Waals surface area contributed by atoms with Crippen LogP contribution in [0.5, 0.6) is 5.75 Å². The number of rotatable bonds is 8. The van der Waals surface area contributed by atoms with Crippen molar-refractivity contribution in [3.8, 4) is 5.75 Å². The zero-order chi connectivity index (χ0) is 14.9. The Kier molecular flexibility index (Phi) is 8.94. The molecular formula is C17H27ClN2O2. The highest BCUT2D eigenvalue weighted by molar-refractivity contribution is 5.85. The molecule has 0 saturated carbocycles. The Morgan fingerprint density at radius 1 is 1.45 bits per heavy atom. The molecule has 1 aliphatic heterocycles. The number of hydrogen-bond acceptors (Lipinski definition) is 3. The highest BCUT2D eigenvalue weighted by atomic mass is 35.5. The van der Waals surface area contributed by atoms with Crippen molar-refractivity contribution in [2.24, 2.45) is 5.92 Å². The van der Waals surface area contributed by atoms with Gasteiger partial charge in [0, 0.05) is 13.0 Å². The summed E-state index contributed by atoms with van der Waals surface area (Å²) < 4.78 is 5.63. The van der Waals surface area contributed by atoms with Crippen LogP contribution >= 0.6 is 12.4 Å². The minimum absolute atomic E-state index is 0. The molecule has 1 aromatic rings. The first-order chi connectivity index (χ1) is 10.2. The van der Waals surface area contributed by atoms with Crippen molar-refractivity contribution in [3.63, 3.8) is 0 Å². The zero-order valence-corrected chi connectivity index (χ0v) is 14.1. The van der Waals surface area contributed by atoms with Gasteiger partial charge in [-0.25, -0.2) is 0 Å². The molecule has 2 rings (SSSR count). The maximum Gasteiger partial charge on any atom is 0.220 e. The van der Waals surface area contributed by atoms with Gasteiger partial charge in [0.15, 0.2) is 0 Å². The number of carbonyl (C=O) groups excluding carboxylic acids is 1. The number of ether oxygens (including phenoxy) is 1. The summed E-state index contributed by atoms with van der Waals surface area (Å²) in [5.41, 5.74) is 1.19. The molecule has 1 amide bonds. The van der Waals surface area contributed by atoms with Crippen LogP contribution < -0.4 is 15.4 Å². The number of hydrogen-bond donors (Lipinski definition) is 2. The topological polar surface area (TPSA) is 50.4 Å². The quantitative estimate of drug-likeness (QED) is 0.722. The molecule has 2 N–H and O–H groups in total. The molecule has 22 heavy (non-hydrogen) atoms. The lowest BCUT2D eigenvalue weighted by Crippen LogP contribution is -2.26. The molecule has 0 radical (unpaired) electrons. The van der Waals surface area contributed by atoms with Crippen molar-refractivity contribution >= 4 is 18.3 Å². The summed E-state index contributed by atoms with van der Waals surface area (Å²) in [4.78, 5) is 11.7. The Balaban J connectivity index is 0.00000242. The Morgan fingerprint density at radius 2 is 2.32 bits per heavy atom. The number of benzene rings is 1. The van der Waals surface area contributed by atoms with Crippen LogP contribution in [0.1, 0.15) is 31.2 Å². The minimum atomic E-state index is 0. The van der Waals surface area contributed by atoms with Crippen LogP contribution in [-0.4, -0.2) is 32.1 Å². The average Bonchev–Trinajstić information content (AvgIpc) is 2.97. The van der Waals surface area contributed by atoms with Crippen LogP contribution in [-0.2, 0) is 4.79 Å². The second-order valence-corrected chi connectivity index (χ2v) is 5.77. The van der Waals surface area contributed by atoms with Crippen LogP contribution in [0, 0.1) is 12.8 Å². The smallest absolute Gasteiger partial charge is 0.220 e. The van der Waals surface area contributed by atoms with Gasteiger partial charge in [-0.2, -0.15) is 0 Å². The molecule has 1 saturated heterocycles. The molecule has 4 nitrogen and oxygen atoms in total. The first-order valence-corrected chi connectivity index (χ1v) is 7.91. The van der Waals surface area contributed by atoms with E-state index in [4.69, 9.17) is 4.74 Å². The zero-order valence-electron chi connectivity index (χ0n) is 13.3. The van der Waals surface area contributed by atoms with Gasteiger partial charge in [-0.15, -0.1) is 12.4 Å². The predicted octanol–water partition coefficient (Wildman–Crippen LogP) is 2.69. The fourth-order valence-electron chi connectivity index (χ4n) is 2.59. The van der Waals surface area contributed by atoms with E-state index in [0.717, 1.165) is 44.1 Å². The molecule has 0 aliphatic carbocycles. The summed E-state index contributed by atoms with van der Waals surface area (Å²) in [5.74, 6) is 1.74. The van der Waals surface area contributed by atoms with Crippen molar-refractivity contribution in [3.05, 3.63) is 29.8 Å². The molecule has 1 aromatic carbocycles. The Labute approximate surface area is 139 Å². The van der Waals surface area contributed by atoms with Crippen molar-refractivity contribution < 1.29 is 9.53 Å². The van der Waals surface area contributed by atoms with Crippen molar-refractivity contribution in [2.45, 2.75) is 32.6 Å². The lowest BCUT2D eigenvalue weighted by Gasteiger charge is -2.10. The summed E-state index contributed by atoms with van der Waals surface area (Å²) in [5, 5.41) is 6.34. The van der Waals surface area contributed by atoms with Crippen LogP contribution in [0.4, 0.5) is 0 Å². The van der Waals surface area contributed by atoms with Gasteiger partial charge in [0.25, 0.3) is 0 Å². The fraction of sp³-hybridized carbons (Fsp3) is 0.588. The molecular weight excluding hydrogens is 300 g/mol. The lowest BCUT2D eigenvalue weighted by molar-refractivity contribution is -0.121. The third-order valence-electron chi connectivity index (χ3n) is 3.84. The third kappa shape index (κ3) is 7.14. The predicted molar refractivity (Wildman–Crippen MR) is 91.8 cm³/mol. The molecule has 124 valence electrons. The first-order valence-electron chi connectivity index (χ1n) is 7.91. The van der Waals surface area contributed by atoms with Gasteiger partial charge in [-0.1, -0.05) is 12.1 Å². The molecule has 1 fully saturated rings. The lowest BCUT2D eigenvalue weighted by atomic mass is 10.1. The Hall–Kier alpha value is -1.26. The molecule has 0 spiro atoms. The maximum absolute atomic E-state index is 11.7. The standard InChI is InChI=1S/C17H26N2O2.ClH/c1-14-4-2-5-16(12-14)21-11-3-6-17(20)19-10-8-15-7-9-18-13-15;/h2,4-5,12,15,18H,3,6-11,13H2,1H3,(H,19,20);1H. The SMILES string of the molecule is Cc1cccc(OCCCC(=O)NCCC2CCNC2)c1.Cl. The van der Waals surface area contributed by atoms with Crippen LogP contribution in [0.25, 0.3) is 0 Å². The Morgan fingerprint density at radius 3 is 3.05 bits per heavy atom. The van der Waals surface area contributed by atoms with E-state index in [9.17, 15) is 4.79 Å². The summed E-state index contributed by atoms with van der Waals surface area (Å²) in [6.07, 6.45) is 3.61. The van der Waals surface area contributed by atoms with Gasteiger partial charge in [-0.3, -0.25) is 4.79 Å². The maximum atomic E-state index is 11.7. The summed E-state index contributed by atoms with van der Waals surface area (Å²) >= 11 is 0. The molecule has 1 heterocycles. The van der Waals surface area contributed by atoms with E-state index >= 15 is 0 Å². The van der Waals surface area contributed by atoms with Crippen LogP contribution in [0.2, 0.25) is 0 Å². The number of nitrogens with one attached hydrogen (secondary N) is 2. The second kappa shape index (κ2) is 10.5. The molecule has 1 aliphatic rings. The number of carbonyl (C=O) groups is 1. The average molecular weight is 327 g/mol.